The molecular formula is C34H34Cl2GeZr. The first-order valence-electron chi connectivity index (χ1n) is 13.4. The summed E-state index contributed by atoms with van der Waals surface area (Å²) < 4.78 is 4.62. The number of hydrogen-bond acceptors (Lipinski definition) is 0. The second-order valence-electron chi connectivity index (χ2n) is 13.5. The number of benzene rings is 4. The van der Waals surface area contributed by atoms with Crippen LogP contribution in [-0.2, 0) is 10.3 Å². The number of rotatable bonds is 4. The summed E-state index contributed by atoms with van der Waals surface area (Å²) in [5, 5.41) is 0. The van der Waals surface area contributed by atoms with Gasteiger partial charge >= 0.3 is 235 Å². The van der Waals surface area contributed by atoms with Crippen LogP contribution in [0.4, 0.5) is 0 Å². The molecule has 0 N–H and O–H groups in total. The van der Waals surface area contributed by atoms with E-state index in [1.165, 1.54) is 55.7 Å². The molecule has 0 radical (unpaired) electrons. The van der Waals surface area contributed by atoms with Gasteiger partial charge in [-0.1, -0.05) is 0 Å². The molecule has 0 heterocycles. The Morgan fingerprint density at radius 1 is 0.553 bits per heavy atom. The molecule has 4 heteroatoms. The van der Waals surface area contributed by atoms with Gasteiger partial charge in [0.25, 0.3) is 0 Å². The van der Waals surface area contributed by atoms with Crippen molar-refractivity contribution in [3.05, 3.63) is 130 Å². The quantitative estimate of drug-likeness (QED) is 0.189. The van der Waals surface area contributed by atoms with Gasteiger partial charge in [-0.3, -0.25) is 0 Å². The molecule has 0 fully saturated rings. The maximum absolute atomic E-state index is 8.49. The van der Waals surface area contributed by atoms with E-state index < -0.39 is 10.3 Å². The normalized spacial score (nSPS) is 21.3. The van der Waals surface area contributed by atoms with Crippen molar-refractivity contribution in [2.24, 2.45) is 0 Å². The number of allylic oxidation sites excluding steroid dienone is 2. The maximum atomic E-state index is 8.49. The molecule has 38 heavy (non-hydrogen) atoms. The predicted molar refractivity (Wildman–Crippen MR) is 169 cm³/mol. The molecule has 0 nitrogen and oxygen atoms in total. The number of halogens is 2. The van der Waals surface area contributed by atoms with Gasteiger partial charge in [0.05, 0.1) is 0 Å². The number of fused-ring (bicyclic) bond motifs is 2. The molecular weight excluding hydrogens is 643 g/mol. The molecule has 2 aliphatic rings. The summed E-state index contributed by atoms with van der Waals surface area (Å²) in [7, 11) is 11.3. The van der Waals surface area contributed by atoms with E-state index in [4.69, 9.17) is 17.0 Å². The fraction of sp³-hybridized carbons (Fsp3) is 0.176. The Kier molecular flexibility index (Phi) is 5.43. The topological polar surface area (TPSA) is 0 Å². The molecule has 192 valence electrons. The zero-order chi connectivity index (χ0) is 27.0. The average molecular weight is 677 g/mol. The molecule has 0 amide bonds. The van der Waals surface area contributed by atoms with Gasteiger partial charge in [0, 0.05) is 0 Å². The van der Waals surface area contributed by atoms with Gasteiger partial charge < -0.3 is 0 Å². The summed E-state index contributed by atoms with van der Waals surface area (Å²) in [6.07, 6.45) is 4.72. The zero-order valence-corrected chi connectivity index (χ0v) is 29.4. The van der Waals surface area contributed by atoms with E-state index in [0.29, 0.717) is 0 Å². The summed E-state index contributed by atoms with van der Waals surface area (Å²) in [6.45, 7) is 4.49. The van der Waals surface area contributed by atoms with Gasteiger partial charge in [-0.25, -0.2) is 0 Å². The van der Waals surface area contributed by atoms with E-state index in [1.54, 1.807) is 0 Å². The van der Waals surface area contributed by atoms with E-state index in [9.17, 15) is 0 Å². The van der Waals surface area contributed by atoms with Gasteiger partial charge in [0.1, 0.15) is 0 Å². The zero-order valence-electron chi connectivity index (χ0n) is 22.5. The van der Waals surface area contributed by atoms with Crippen LogP contribution >= 0.6 is 17.0 Å². The molecule has 4 aromatic carbocycles. The monoisotopic (exact) mass is 676 g/mol. The molecule has 0 aromatic heterocycles. The van der Waals surface area contributed by atoms with Crippen LogP contribution in [-0.4, -0.2) is 12.1 Å². The first kappa shape index (κ1) is 26.6. The van der Waals surface area contributed by atoms with Crippen molar-refractivity contribution in [1.82, 2.24) is 0 Å². The van der Waals surface area contributed by atoms with Crippen LogP contribution in [0.1, 0.15) is 43.4 Å². The van der Waals surface area contributed by atoms with E-state index in [-0.39, 0.29) is 7.25 Å². The summed E-state index contributed by atoms with van der Waals surface area (Å²) >= 11 is 0.857. The van der Waals surface area contributed by atoms with Crippen molar-refractivity contribution in [3.8, 4) is 22.3 Å². The van der Waals surface area contributed by atoms with Crippen molar-refractivity contribution in [2.45, 2.75) is 30.4 Å². The molecule has 0 saturated carbocycles. The van der Waals surface area contributed by atoms with Crippen molar-refractivity contribution < 1.29 is 10.3 Å². The van der Waals surface area contributed by atoms with Crippen LogP contribution < -0.4 is 0 Å². The summed E-state index contributed by atoms with van der Waals surface area (Å²) in [4.78, 5) is 0. The first-order chi connectivity index (χ1) is 17.7. The van der Waals surface area contributed by atoms with Gasteiger partial charge in [-0.2, -0.15) is 0 Å². The van der Waals surface area contributed by atoms with Crippen LogP contribution in [0, 0.1) is 0 Å². The summed E-state index contributed by atoms with van der Waals surface area (Å²) in [5.41, 5.74) is 12.6. The molecule has 0 spiro atoms. The Morgan fingerprint density at radius 2 is 0.921 bits per heavy atom. The van der Waals surface area contributed by atoms with Crippen LogP contribution in [0.25, 0.3) is 34.4 Å². The molecule has 2 aliphatic carbocycles. The molecule has 0 bridgehead atoms. The molecule has 2 unspecified atom stereocenters. The van der Waals surface area contributed by atoms with Gasteiger partial charge in [-0.05, 0) is 0 Å². The second kappa shape index (κ2) is 7.76. The molecule has 4 aromatic rings. The Bertz CT molecular complexity index is 1680. The van der Waals surface area contributed by atoms with Gasteiger partial charge in [-0.15, -0.1) is 0 Å². The predicted octanol–water partition coefficient (Wildman–Crippen LogP) is 10.3. The van der Waals surface area contributed by atoms with Crippen molar-refractivity contribution in [2.75, 3.05) is 0 Å². The van der Waals surface area contributed by atoms with Crippen LogP contribution in [0.3, 0.4) is 0 Å². The van der Waals surface area contributed by atoms with Crippen LogP contribution in [0.2, 0.25) is 9.26 Å². The molecule has 2 atom stereocenters. The Morgan fingerprint density at radius 3 is 1.29 bits per heavy atom. The Balaban J connectivity index is 1.60. The van der Waals surface area contributed by atoms with Crippen LogP contribution in [0.15, 0.2) is 108 Å². The van der Waals surface area contributed by atoms with Crippen molar-refractivity contribution in [3.63, 3.8) is 0 Å². The number of hydrogen-bond donors (Lipinski definition) is 0. The molecule has 6 rings (SSSR count). The molecule has 0 aliphatic heterocycles. The third-order valence-corrected chi connectivity index (χ3v) is 39.6. The average Bonchev–Trinajstić information content (AvgIpc) is 3.41. The molecule has 0 saturated heterocycles. The minimum absolute atomic E-state index is 0.00609. The third-order valence-electron chi connectivity index (χ3n) is 9.06. The SMILES string of the molecule is CC1=Cc2c(-c3ccccc3)cccc2[CH]1[Zr]([CH3])([CH3])([Cl])([Cl])(=[GeH2])[CH]1C(C)=Cc2c(-c3ccccc3)cccc21. The van der Waals surface area contributed by atoms with E-state index in [0.717, 1.165) is 12.1 Å². The standard InChI is InChI=1S/2C16H13.2CH3.2ClH.GeH2.Zr/c2*1-12-10-14-8-5-9-15(16(14)11-12)13-6-3-2-4-7-13;;;;;;/h2*2-11H,1H3;2*1H3;2*1H;1H2;/q;;;;;;;+2/p-2. The Hall–Kier alpha value is -1.63. The first-order valence-corrected chi connectivity index (χ1v) is 38.0. The Labute approximate surface area is 232 Å². The minimum atomic E-state index is -5.66. The van der Waals surface area contributed by atoms with Gasteiger partial charge in [0.2, 0.25) is 0 Å². The summed E-state index contributed by atoms with van der Waals surface area (Å²) in [6, 6.07) is 34.7. The fourth-order valence-electron chi connectivity index (χ4n) is 8.11. The van der Waals surface area contributed by atoms with E-state index >= 15 is 0 Å². The van der Waals surface area contributed by atoms with Crippen molar-refractivity contribution >= 4 is 41.3 Å². The van der Waals surface area contributed by atoms with Gasteiger partial charge in [0.15, 0.2) is 0 Å². The second-order valence-corrected chi connectivity index (χ2v) is 107. The fourth-order valence-corrected chi connectivity index (χ4v) is 46.1. The third kappa shape index (κ3) is 3.95. The summed E-state index contributed by atoms with van der Waals surface area (Å²) in [5.74, 6) is 0. The van der Waals surface area contributed by atoms with Crippen molar-refractivity contribution in [1.29, 1.82) is 0 Å². The van der Waals surface area contributed by atoms with E-state index in [2.05, 4.69) is 132 Å². The van der Waals surface area contributed by atoms with E-state index in [1.807, 2.05) is 0 Å². The van der Waals surface area contributed by atoms with Crippen LogP contribution in [0.5, 0.6) is 0 Å².